The van der Waals surface area contributed by atoms with E-state index in [1.54, 1.807) is 6.21 Å². The van der Waals surface area contributed by atoms with Crippen LogP contribution in [0.15, 0.2) is 47.8 Å². The number of carbonyl (C=O) groups is 1. The molecule has 0 saturated heterocycles. The Morgan fingerprint density at radius 1 is 1.32 bits per heavy atom. The maximum absolute atomic E-state index is 11.7. The molecule has 1 fully saturated rings. The van der Waals surface area contributed by atoms with Gasteiger partial charge in [0.2, 0.25) is 0 Å². The second kappa shape index (κ2) is 6.33. The Kier molecular flexibility index (Phi) is 4.01. The highest BCUT2D eigenvalue weighted by atomic mass is 35.5. The SMILES string of the molecule is Cc1ccn2c(C=NOC(=O)C3CC3)c(-c3ccc(Cl)cc3)nc2c1. The average Bonchev–Trinajstić information content (AvgIpc) is 3.39. The summed E-state index contributed by atoms with van der Waals surface area (Å²) in [7, 11) is 0. The standard InChI is InChI=1S/C19H16ClN3O2/c1-12-8-9-23-16(11-21-25-19(24)14-2-3-14)18(22-17(23)10-12)13-4-6-15(20)7-5-13/h4-11,14H,2-3H2,1H3. The van der Waals surface area contributed by atoms with Crippen molar-refractivity contribution in [3.05, 3.63) is 58.9 Å². The number of hydrogen-bond acceptors (Lipinski definition) is 4. The fraction of sp³-hybridized carbons (Fsp3) is 0.211. The van der Waals surface area contributed by atoms with Crippen LogP contribution in [0.25, 0.3) is 16.9 Å². The lowest BCUT2D eigenvalue weighted by Crippen LogP contribution is -2.02. The van der Waals surface area contributed by atoms with E-state index in [0.29, 0.717) is 5.02 Å². The van der Waals surface area contributed by atoms with Crippen LogP contribution in [0.4, 0.5) is 0 Å². The molecule has 0 unspecified atom stereocenters. The lowest BCUT2D eigenvalue weighted by atomic mass is 10.1. The normalized spacial score (nSPS) is 14.3. The zero-order chi connectivity index (χ0) is 17.4. The molecule has 3 aromatic rings. The van der Waals surface area contributed by atoms with Gasteiger partial charge in [-0.1, -0.05) is 28.9 Å². The number of imidazole rings is 1. The van der Waals surface area contributed by atoms with Gasteiger partial charge in [-0.3, -0.25) is 4.40 Å². The Morgan fingerprint density at radius 3 is 2.80 bits per heavy atom. The second-order valence-electron chi connectivity index (χ2n) is 6.20. The number of aryl methyl sites for hydroxylation is 1. The summed E-state index contributed by atoms with van der Waals surface area (Å²) in [6.45, 7) is 2.02. The summed E-state index contributed by atoms with van der Waals surface area (Å²) in [5.41, 5.74) is 4.35. The number of rotatable bonds is 4. The van der Waals surface area contributed by atoms with Crippen molar-refractivity contribution in [1.29, 1.82) is 0 Å². The van der Waals surface area contributed by atoms with E-state index in [4.69, 9.17) is 21.4 Å². The summed E-state index contributed by atoms with van der Waals surface area (Å²) in [5.74, 6) is -0.258. The first-order valence-corrected chi connectivity index (χ1v) is 8.48. The van der Waals surface area contributed by atoms with Crippen LogP contribution in [0.1, 0.15) is 24.1 Å². The van der Waals surface area contributed by atoms with Crippen molar-refractivity contribution in [3.63, 3.8) is 0 Å². The Morgan fingerprint density at radius 2 is 2.08 bits per heavy atom. The van der Waals surface area contributed by atoms with E-state index < -0.39 is 0 Å². The van der Waals surface area contributed by atoms with Crippen molar-refractivity contribution in [1.82, 2.24) is 9.38 Å². The number of halogens is 1. The number of carbonyl (C=O) groups excluding carboxylic acids is 1. The molecule has 0 N–H and O–H groups in total. The number of nitrogens with zero attached hydrogens (tertiary/aromatic N) is 3. The van der Waals surface area contributed by atoms with Gasteiger partial charge < -0.3 is 4.84 Å². The molecule has 0 amide bonds. The van der Waals surface area contributed by atoms with E-state index in [2.05, 4.69) is 5.16 Å². The van der Waals surface area contributed by atoms with Gasteiger partial charge in [-0.2, -0.15) is 0 Å². The molecule has 0 bridgehead atoms. The Hall–Kier alpha value is -2.66. The first-order valence-electron chi connectivity index (χ1n) is 8.11. The van der Waals surface area contributed by atoms with Crippen LogP contribution in [-0.4, -0.2) is 21.6 Å². The third-order valence-corrected chi connectivity index (χ3v) is 4.42. The third kappa shape index (κ3) is 3.28. The minimum absolute atomic E-state index is 0.0118. The minimum Gasteiger partial charge on any atom is -0.318 e. The molecule has 2 heterocycles. The zero-order valence-corrected chi connectivity index (χ0v) is 14.4. The Balaban J connectivity index is 1.76. The van der Waals surface area contributed by atoms with E-state index >= 15 is 0 Å². The van der Waals surface area contributed by atoms with E-state index in [1.165, 1.54) is 0 Å². The molecular weight excluding hydrogens is 338 g/mol. The quantitative estimate of drug-likeness (QED) is 0.400. The largest absolute Gasteiger partial charge is 0.338 e. The Labute approximate surface area is 149 Å². The third-order valence-electron chi connectivity index (χ3n) is 4.16. The molecule has 5 nitrogen and oxygen atoms in total. The molecule has 4 rings (SSSR count). The van der Waals surface area contributed by atoms with Crippen LogP contribution in [0.3, 0.4) is 0 Å². The monoisotopic (exact) mass is 353 g/mol. The smallest absolute Gasteiger partial charge is 0.318 e. The van der Waals surface area contributed by atoms with Gasteiger partial charge in [0.25, 0.3) is 0 Å². The average molecular weight is 354 g/mol. The predicted octanol–water partition coefficient (Wildman–Crippen LogP) is 4.25. The first-order chi connectivity index (χ1) is 12.1. The van der Waals surface area contributed by atoms with E-state index in [9.17, 15) is 4.79 Å². The first kappa shape index (κ1) is 15.8. The molecule has 0 radical (unpaired) electrons. The fourth-order valence-corrected chi connectivity index (χ4v) is 2.76. The molecule has 6 heteroatoms. The topological polar surface area (TPSA) is 56.0 Å². The lowest BCUT2D eigenvalue weighted by Gasteiger charge is -2.01. The highest BCUT2D eigenvalue weighted by Crippen LogP contribution is 2.30. The van der Waals surface area contributed by atoms with Gasteiger partial charge in [0.1, 0.15) is 5.65 Å². The predicted molar refractivity (Wildman–Crippen MR) is 96.8 cm³/mol. The van der Waals surface area contributed by atoms with Crippen molar-refractivity contribution in [2.45, 2.75) is 19.8 Å². The molecule has 2 aromatic heterocycles. The van der Waals surface area contributed by atoms with Gasteiger partial charge in [-0.05, 0) is 49.6 Å². The molecule has 1 saturated carbocycles. The van der Waals surface area contributed by atoms with Crippen molar-refractivity contribution in [2.24, 2.45) is 11.1 Å². The molecule has 0 aliphatic heterocycles. The van der Waals surface area contributed by atoms with Gasteiger partial charge in [0.15, 0.2) is 0 Å². The van der Waals surface area contributed by atoms with E-state index in [0.717, 1.165) is 41.0 Å². The maximum Gasteiger partial charge on any atom is 0.338 e. The van der Waals surface area contributed by atoms with E-state index in [1.807, 2.05) is 53.9 Å². The van der Waals surface area contributed by atoms with Crippen LogP contribution in [-0.2, 0) is 9.63 Å². The number of hydrogen-bond donors (Lipinski definition) is 0. The molecule has 0 spiro atoms. The number of aromatic nitrogens is 2. The van der Waals surface area contributed by atoms with Gasteiger partial charge in [0.05, 0.1) is 23.5 Å². The zero-order valence-electron chi connectivity index (χ0n) is 13.6. The molecular formula is C19H16ClN3O2. The summed E-state index contributed by atoms with van der Waals surface area (Å²) >= 11 is 5.98. The highest BCUT2D eigenvalue weighted by molar-refractivity contribution is 6.30. The molecule has 0 atom stereocenters. The van der Waals surface area contributed by atoms with Gasteiger partial charge in [0, 0.05) is 16.8 Å². The summed E-state index contributed by atoms with van der Waals surface area (Å²) < 4.78 is 1.92. The highest BCUT2D eigenvalue weighted by Gasteiger charge is 2.31. The molecule has 25 heavy (non-hydrogen) atoms. The number of benzene rings is 1. The molecule has 1 aromatic carbocycles. The van der Waals surface area contributed by atoms with E-state index in [-0.39, 0.29) is 11.9 Å². The molecule has 1 aliphatic carbocycles. The molecule has 1 aliphatic rings. The van der Waals surface area contributed by atoms with Crippen LogP contribution in [0.2, 0.25) is 5.02 Å². The van der Waals surface area contributed by atoms with Gasteiger partial charge >= 0.3 is 5.97 Å². The van der Waals surface area contributed by atoms with Crippen LogP contribution in [0, 0.1) is 12.8 Å². The summed E-state index contributed by atoms with van der Waals surface area (Å²) in [4.78, 5) is 21.4. The van der Waals surface area contributed by atoms with Crippen molar-refractivity contribution in [2.75, 3.05) is 0 Å². The maximum atomic E-state index is 11.7. The van der Waals surface area contributed by atoms with Gasteiger partial charge in [-0.15, -0.1) is 0 Å². The number of fused-ring (bicyclic) bond motifs is 1. The fourth-order valence-electron chi connectivity index (χ4n) is 2.63. The van der Waals surface area contributed by atoms with Crippen molar-refractivity contribution < 1.29 is 9.63 Å². The Bertz CT molecular complexity index is 972. The molecule has 126 valence electrons. The van der Waals surface area contributed by atoms with Crippen molar-refractivity contribution >= 4 is 29.4 Å². The minimum atomic E-state index is -0.269. The summed E-state index contributed by atoms with van der Waals surface area (Å²) in [6, 6.07) is 11.4. The van der Waals surface area contributed by atoms with Crippen LogP contribution in [0.5, 0.6) is 0 Å². The van der Waals surface area contributed by atoms with Crippen LogP contribution >= 0.6 is 11.6 Å². The summed E-state index contributed by atoms with van der Waals surface area (Å²) in [6.07, 6.45) is 5.25. The second-order valence-corrected chi connectivity index (χ2v) is 6.64. The summed E-state index contributed by atoms with van der Waals surface area (Å²) in [5, 5.41) is 4.55. The number of oxime groups is 1. The lowest BCUT2D eigenvalue weighted by molar-refractivity contribution is -0.145. The number of pyridine rings is 1. The van der Waals surface area contributed by atoms with Crippen LogP contribution < -0.4 is 0 Å². The van der Waals surface area contributed by atoms with Crippen molar-refractivity contribution in [3.8, 4) is 11.3 Å². The van der Waals surface area contributed by atoms with Gasteiger partial charge in [-0.25, -0.2) is 9.78 Å².